The predicted molar refractivity (Wildman–Crippen MR) is 75.3 cm³/mol. The van der Waals surface area contributed by atoms with Crippen LogP contribution in [0, 0.1) is 0 Å². The van der Waals surface area contributed by atoms with Gasteiger partial charge in [-0.1, -0.05) is 41.4 Å². The van der Waals surface area contributed by atoms with Crippen molar-refractivity contribution in [3.05, 3.63) is 57.7 Å². The first-order valence-corrected chi connectivity index (χ1v) is 7.21. The molecular weight excluding hydrogens is 330 g/mol. The molecule has 1 aromatic heterocycles. The van der Waals surface area contributed by atoms with Crippen LogP contribution in [0.2, 0.25) is 10.2 Å². The predicted octanol–water partition coefficient (Wildman–Crippen LogP) is 5.70. The van der Waals surface area contributed by atoms with Gasteiger partial charge in [0.1, 0.15) is 5.15 Å². The minimum absolute atomic E-state index is 0.179. The topological polar surface area (TPSA) is 12.9 Å². The molecule has 2 aromatic rings. The molecule has 0 spiro atoms. The van der Waals surface area contributed by atoms with Crippen LogP contribution in [0.25, 0.3) is 0 Å². The Bertz CT molecular complexity index is 617. The van der Waals surface area contributed by atoms with Crippen LogP contribution in [-0.4, -0.2) is 4.98 Å². The van der Waals surface area contributed by atoms with E-state index >= 15 is 0 Å². The van der Waals surface area contributed by atoms with Gasteiger partial charge >= 0.3 is 6.18 Å². The molecular formula is C13H8Cl2F3NS. The van der Waals surface area contributed by atoms with Crippen LogP contribution in [0.3, 0.4) is 0 Å². The molecule has 0 bridgehead atoms. The highest BCUT2D eigenvalue weighted by Gasteiger charge is 2.31. The second kappa shape index (κ2) is 6.24. The zero-order chi connectivity index (χ0) is 14.8. The SMILES string of the molecule is FC(F)(F)c1cc(Cl)nc(SCc2ccccc2Cl)c1. The van der Waals surface area contributed by atoms with Crippen LogP contribution >= 0.6 is 35.0 Å². The average molecular weight is 338 g/mol. The van der Waals surface area contributed by atoms with E-state index < -0.39 is 11.7 Å². The maximum Gasteiger partial charge on any atom is 0.416 e. The minimum atomic E-state index is -4.44. The van der Waals surface area contributed by atoms with E-state index in [4.69, 9.17) is 23.2 Å². The summed E-state index contributed by atoms with van der Waals surface area (Å²) in [7, 11) is 0. The molecule has 0 aliphatic rings. The number of pyridine rings is 1. The molecule has 1 aromatic carbocycles. The zero-order valence-corrected chi connectivity index (χ0v) is 12.2. The highest BCUT2D eigenvalue weighted by atomic mass is 35.5. The minimum Gasteiger partial charge on any atom is -0.230 e. The average Bonchev–Trinajstić information content (AvgIpc) is 2.36. The van der Waals surface area contributed by atoms with Gasteiger partial charge in [0.05, 0.1) is 10.6 Å². The van der Waals surface area contributed by atoms with Gasteiger partial charge in [-0.3, -0.25) is 0 Å². The summed E-state index contributed by atoms with van der Waals surface area (Å²) in [6.07, 6.45) is -4.44. The van der Waals surface area contributed by atoms with Gasteiger partial charge in [0, 0.05) is 10.8 Å². The molecule has 0 saturated carbocycles. The summed E-state index contributed by atoms with van der Waals surface area (Å²) in [6.45, 7) is 0. The standard InChI is InChI=1S/C13H8Cl2F3NS/c14-10-4-2-1-3-8(10)7-20-12-6-9(13(16,17)18)5-11(15)19-12/h1-6H,7H2. The molecule has 0 unspecified atom stereocenters. The van der Waals surface area contributed by atoms with Crippen molar-refractivity contribution in [1.29, 1.82) is 0 Å². The Hall–Kier alpha value is -0.910. The Labute approximate surface area is 128 Å². The van der Waals surface area contributed by atoms with Gasteiger partial charge in [-0.2, -0.15) is 13.2 Å². The Morgan fingerprint density at radius 3 is 2.45 bits per heavy atom. The number of nitrogens with zero attached hydrogens (tertiary/aromatic N) is 1. The van der Waals surface area contributed by atoms with Gasteiger partial charge in [0.25, 0.3) is 0 Å². The number of hydrogen-bond donors (Lipinski definition) is 0. The highest BCUT2D eigenvalue weighted by Crippen LogP contribution is 2.34. The summed E-state index contributed by atoms with van der Waals surface area (Å²) in [6, 6.07) is 8.92. The number of benzene rings is 1. The number of rotatable bonds is 3. The second-order valence-electron chi connectivity index (χ2n) is 3.89. The van der Waals surface area contributed by atoms with E-state index in [0.717, 1.165) is 29.5 Å². The van der Waals surface area contributed by atoms with Gasteiger partial charge in [-0.25, -0.2) is 4.98 Å². The van der Waals surface area contributed by atoms with Crippen molar-refractivity contribution in [2.75, 3.05) is 0 Å². The van der Waals surface area contributed by atoms with Crippen molar-refractivity contribution in [2.45, 2.75) is 17.0 Å². The van der Waals surface area contributed by atoms with E-state index in [-0.39, 0.29) is 10.2 Å². The molecule has 0 atom stereocenters. The fraction of sp³-hybridized carbons (Fsp3) is 0.154. The number of hydrogen-bond acceptors (Lipinski definition) is 2. The van der Waals surface area contributed by atoms with E-state index in [1.54, 1.807) is 12.1 Å². The number of thioether (sulfide) groups is 1. The zero-order valence-electron chi connectivity index (χ0n) is 9.92. The van der Waals surface area contributed by atoms with Gasteiger partial charge in [0.2, 0.25) is 0 Å². The van der Waals surface area contributed by atoms with Crippen LogP contribution in [-0.2, 0) is 11.9 Å². The van der Waals surface area contributed by atoms with E-state index in [9.17, 15) is 13.2 Å². The van der Waals surface area contributed by atoms with Crippen molar-refractivity contribution in [3.8, 4) is 0 Å². The summed E-state index contributed by atoms with van der Waals surface area (Å²) < 4.78 is 38.0. The molecule has 1 heterocycles. The lowest BCUT2D eigenvalue weighted by Gasteiger charge is -2.09. The monoisotopic (exact) mass is 337 g/mol. The van der Waals surface area contributed by atoms with Gasteiger partial charge in [-0.05, 0) is 23.8 Å². The van der Waals surface area contributed by atoms with Crippen molar-refractivity contribution < 1.29 is 13.2 Å². The van der Waals surface area contributed by atoms with E-state index in [0.29, 0.717) is 10.8 Å². The van der Waals surface area contributed by atoms with Crippen molar-refractivity contribution in [3.63, 3.8) is 0 Å². The third-order valence-electron chi connectivity index (χ3n) is 2.43. The lowest BCUT2D eigenvalue weighted by molar-refractivity contribution is -0.137. The quantitative estimate of drug-likeness (QED) is 0.526. The van der Waals surface area contributed by atoms with Crippen LogP contribution in [0.4, 0.5) is 13.2 Å². The van der Waals surface area contributed by atoms with E-state index in [1.807, 2.05) is 12.1 Å². The van der Waals surface area contributed by atoms with Crippen LogP contribution in [0.1, 0.15) is 11.1 Å². The van der Waals surface area contributed by atoms with Gasteiger partial charge in [-0.15, -0.1) is 11.8 Å². The van der Waals surface area contributed by atoms with Gasteiger partial charge < -0.3 is 0 Å². The number of aromatic nitrogens is 1. The molecule has 2 rings (SSSR count). The Kier molecular flexibility index (Phi) is 4.83. The molecule has 0 amide bonds. The van der Waals surface area contributed by atoms with Crippen LogP contribution in [0.15, 0.2) is 41.4 Å². The summed E-state index contributed by atoms with van der Waals surface area (Å²) in [5.74, 6) is 0.421. The first-order chi connectivity index (χ1) is 9.36. The first-order valence-electron chi connectivity index (χ1n) is 5.47. The van der Waals surface area contributed by atoms with E-state index in [2.05, 4.69) is 4.98 Å². The lowest BCUT2D eigenvalue weighted by atomic mass is 10.2. The summed E-state index contributed by atoms with van der Waals surface area (Å²) in [5.41, 5.74) is 0.0219. The maximum absolute atomic E-state index is 12.7. The lowest BCUT2D eigenvalue weighted by Crippen LogP contribution is -2.05. The maximum atomic E-state index is 12.7. The molecule has 7 heteroatoms. The molecule has 0 aliphatic heterocycles. The smallest absolute Gasteiger partial charge is 0.230 e. The molecule has 1 nitrogen and oxygen atoms in total. The molecule has 20 heavy (non-hydrogen) atoms. The van der Waals surface area contributed by atoms with Crippen molar-refractivity contribution in [1.82, 2.24) is 4.98 Å². The Balaban J connectivity index is 2.18. The Morgan fingerprint density at radius 1 is 1.10 bits per heavy atom. The number of halogens is 5. The van der Waals surface area contributed by atoms with Gasteiger partial charge in [0.15, 0.2) is 0 Å². The van der Waals surface area contributed by atoms with Crippen LogP contribution in [0.5, 0.6) is 0 Å². The molecule has 106 valence electrons. The fourth-order valence-electron chi connectivity index (χ4n) is 1.48. The van der Waals surface area contributed by atoms with Crippen molar-refractivity contribution >= 4 is 35.0 Å². The molecule has 0 radical (unpaired) electrons. The van der Waals surface area contributed by atoms with E-state index in [1.165, 1.54) is 0 Å². The molecule has 0 aliphatic carbocycles. The molecule has 0 fully saturated rings. The van der Waals surface area contributed by atoms with Crippen molar-refractivity contribution in [2.24, 2.45) is 0 Å². The third-order valence-corrected chi connectivity index (χ3v) is 3.95. The highest BCUT2D eigenvalue weighted by molar-refractivity contribution is 7.98. The van der Waals surface area contributed by atoms with Crippen LogP contribution < -0.4 is 0 Å². The summed E-state index contributed by atoms with van der Waals surface area (Å²) in [5, 5.41) is 0.601. The molecule has 0 saturated heterocycles. The Morgan fingerprint density at radius 2 is 1.80 bits per heavy atom. The summed E-state index contributed by atoms with van der Waals surface area (Å²) >= 11 is 12.8. The third kappa shape index (κ3) is 4.04. The first kappa shape index (κ1) is 15.5. The largest absolute Gasteiger partial charge is 0.416 e. The second-order valence-corrected chi connectivity index (χ2v) is 5.68. The fourth-order valence-corrected chi connectivity index (χ4v) is 2.95. The summed E-state index contributed by atoms with van der Waals surface area (Å²) in [4.78, 5) is 3.88. The normalized spacial score (nSPS) is 11.7. The molecule has 0 N–H and O–H groups in total. The number of alkyl halides is 3.